The van der Waals surface area contributed by atoms with Gasteiger partial charge >= 0.3 is 11.9 Å². The van der Waals surface area contributed by atoms with Crippen molar-refractivity contribution in [3.63, 3.8) is 0 Å². The largest absolute Gasteiger partial charge is 0.457 e. The Morgan fingerprint density at radius 2 is 2.00 bits per heavy atom. The molecule has 0 spiro atoms. The summed E-state index contributed by atoms with van der Waals surface area (Å²) in [6, 6.07) is 0. The van der Waals surface area contributed by atoms with Crippen molar-refractivity contribution in [1.82, 2.24) is 0 Å². The third-order valence-electron chi connectivity index (χ3n) is 4.63. The highest BCUT2D eigenvalue weighted by Gasteiger charge is 2.65. The van der Waals surface area contributed by atoms with Crippen molar-refractivity contribution in [2.75, 3.05) is 0 Å². The number of fused-ring (bicyclic) bond motifs is 1. The minimum atomic E-state index is -3.54. The van der Waals surface area contributed by atoms with E-state index in [4.69, 9.17) is 13.7 Å². The summed E-state index contributed by atoms with van der Waals surface area (Å²) >= 11 is 0. The molecule has 1 heterocycles. The first kappa shape index (κ1) is 15.5. The van der Waals surface area contributed by atoms with Gasteiger partial charge in [0.25, 0.3) is 10.1 Å². The van der Waals surface area contributed by atoms with E-state index in [0.29, 0.717) is 12.8 Å². The van der Waals surface area contributed by atoms with Crippen LogP contribution in [-0.4, -0.2) is 43.9 Å². The Morgan fingerprint density at radius 1 is 1.32 bits per heavy atom. The van der Waals surface area contributed by atoms with Crippen molar-refractivity contribution >= 4 is 22.1 Å². The molecule has 8 heteroatoms. The first-order valence-electron chi connectivity index (χ1n) is 7.20. The summed E-state index contributed by atoms with van der Waals surface area (Å²) in [5.74, 6) is -1.47. The predicted octanol–water partition coefficient (Wildman–Crippen LogP) is 0.543. The fourth-order valence-corrected chi connectivity index (χ4v) is 5.47. The van der Waals surface area contributed by atoms with Gasteiger partial charge in [-0.05, 0) is 26.7 Å². The first-order valence-corrected chi connectivity index (χ1v) is 8.67. The second kappa shape index (κ2) is 5.06. The molecule has 0 aromatic carbocycles. The van der Waals surface area contributed by atoms with Crippen LogP contribution < -0.4 is 0 Å². The van der Waals surface area contributed by atoms with E-state index in [-0.39, 0.29) is 17.4 Å². The molecule has 5 unspecified atom stereocenters. The summed E-state index contributed by atoms with van der Waals surface area (Å²) < 4.78 is 39.0. The Hall–Kier alpha value is -1.41. The lowest BCUT2D eigenvalue weighted by Gasteiger charge is -2.26. The molecule has 0 amide bonds. The second-order valence-electron chi connectivity index (χ2n) is 6.22. The molecule has 3 rings (SSSR count). The van der Waals surface area contributed by atoms with Crippen molar-refractivity contribution in [2.45, 2.75) is 50.3 Å². The van der Waals surface area contributed by atoms with E-state index < -0.39 is 45.6 Å². The van der Waals surface area contributed by atoms with Gasteiger partial charge in [0.05, 0.1) is 5.25 Å². The van der Waals surface area contributed by atoms with E-state index in [0.717, 1.165) is 0 Å². The van der Waals surface area contributed by atoms with Crippen LogP contribution in [0.4, 0.5) is 0 Å². The van der Waals surface area contributed by atoms with Crippen LogP contribution in [0.1, 0.15) is 26.7 Å². The Kier molecular flexibility index (Phi) is 3.56. The van der Waals surface area contributed by atoms with Crippen LogP contribution in [0.2, 0.25) is 0 Å². The van der Waals surface area contributed by atoms with Gasteiger partial charge in [-0.25, -0.2) is 9.59 Å². The molecule has 2 aliphatic carbocycles. The van der Waals surface area contributed by atoms with E-state index in [2.05, 4.69) is 6.58 Å². The Labute approximate surface area is 128 Å². The molecule has 2 saturated carbocycles. The van der Waals surface area contributed by atoms with Crippen LogP contribution in [-0.2, 0) is 33.4 Å². The summed E-state index contributed by atoms with van der Waals surface area (Å²) in [7, 11) is -3.54. The summed E-state index contributed by atoms with van der Waals surface area (Å²) in [4.78, 5) is 23.4. The number of carbonyl (C=O) groups excluding carboxylic acids is 2. The van der Waals surface area contributed by atoms with Gasteiger partial charge in [-0.1, -0.05) is 6.58 Å². The summed E-state index contributed by atoms with van der Waals surface area (Å²) in [5.41, 5.74) is 0.188. The molecule has 1 aliphatic heterocycles. The highest BCUT2D eigenvalue weighted by atomic mass is 32.2. The lowest BCUT2D eigenvalue weighted by molar-refractivity contribution is -0.173. The number of rotatable bonds is 4. The Morgan fingerprint density at radius 3 is 2.64 bits per heavy atom. The Bertz CT molecular complexity index is 638. The zero-order valence-corrected chi connectivity index (χ0v) is 13.2. The van der Waals surface area contributed by atoms with Crippen molar-refractivity contribution in [1.29, 1.82) is 0 Å². The Balaban J connectivity index is 1.64. The molecule has 22 heavy (non-hydrogen) atoms. The van der Waals surface area contributed by atoms with Gasteiger partial charge in [-0.2, -0.15) is 8.42 Å². The van der Waals surface area contributed by atoms with E-state index in [9.17, 15) is 18.0 Å². The zero-order valence-electron chi connectivity index (χ0n) is 12.4. The van der Waals surface area contributed by atoms with Gasteiger partial charge in [0.15, 0.2) is 6.10 Å². The number of hydrogen-bond acceptors (Lipinski definition) is 7. The summed E-state index contributed by atoms with van der Waals surface area (Å²) in [6.07, 6.45) is -1.11. The minimum absolute atomic E-state index is 0.00901. The molecular weight excluding hydrogens is 312 g/mol. The number of carbonyl (C=O) groups is 2. The molecule has 122 valence electrons. The highest BCUT2D eigenvalue weighted by molar-refractivity contribution is 7.87. The van der Waals surface area contributed by atoms with E-state index in [1.807, 2.05) is 0 Å². The molecular formula is C14H18O7S. The fourth-order valence-electron chi connectivity index (χ4n) is 3.58. The number of ether oxygens (including phenoxy) is 2. The monoisotopic (exact) mass is 330 g/mol. The number of hydrogen-bond donors (Lipinski definition) is 0. The maximum absolute atomic E-state index is 12.0. The lowest BCUT2D eigenvalue weighted by atomic mass is 9.94. The summed E-state index contributed by atoms with van der Waals surface area (Å²) in [6.45, 7) is 6.32. The molecule has 7 nitrogen and oxygen atoms in total. The SMILES string of the molecule is C=C(C)C(=O)OC(C)C(=O)OC1C2CC3C(C2)S(=O)(=O)O[C@H]31. The first-order chi connectivity index (χ1) is 10.2. The minimum Gasteiger partial charge on any atom is -0.457 e. The van der Waals surface area contributed by atoms with E-state index in [1.54, 1.807) is 0 Å². The maximum atomic E-state index is 12.0. The van der Waals surface area contributed by atoms with Crippen molar-refractivity contribution in [3.05, 3.63) is 12.2 Å². The average Bonchev–Trinajstić information content (AvgIpc) is 3.02. The van der Waals surface area contributed by atoms with E-state index >= 15 is 0 Å². The van der Waals surface area contributed by atoms with Crippen LogP contribution in [0.3, 0.4) is 0 Å². The summed E-state index contributed by atoms with van der Waals surface area (Å²) in [5, 5.41) is -0.462. The highest BCUT2D eigenvalue weighted by Crippen LogP contribution is 2.55. The molecule has 6 atom stereocenters. The molecule has 0 N–H and O–H groups in total. The van der Waals surface area contributed by atoms with Crippen LogP contribution in [0.25, 0.3) is 0 Å². The standard InChI is InChI=1S/C14H18O7S/c1-6(2)13(15)19-7(3)14(16)20-11-8-4-9-10(5-8)22(17,18)21-12(9)11/h7-12H,1,4-5H2,2-3H3/t7?,8?,9?,10?,11?,12-/m1/s1. The van der Waals surface area contributed by atoms with Crippen LogP contribution in [0, 0.1) is 11.8 Å². The molecule has 3 aliphatic rings. The van der Waals surface area contributed by atoms with Gasteiger partial charge < -0.3 is 9.47 Å². The lowest BCUT2D eigenvalue weighted by Crippen LogP contribution is -2.40. The fraction of sp³-hybridized carbons (Fsp3) is 0.714. The van der Waals surface area contributed by atoms with Gasteiger partial charge in [-0.15, -0.1) is 0 Å². The van der Waals surface area contributed by atoms with Crippen LogP contribution >= 0.6 is 0 Å². The average molecular weight is 330 g/mol. The van der Waals surface area contributed by atoms with Gasteiger partial charge in [0, 0.05) is 17.4 Å². The molecule has 0 radical (unpaired) electrons. The van der Waals surface area contributed by atoms with Crippen LogP contribution in [0.15, 0.2) is 12.2 Å². The maximum Gasteiger partial charge on any atom is 0.347 e. The zero-order chi connectivity index (χ0) is 16.2. The molecule has 0 aromatic heterocycles. The van der Waals surface area contributed by atoms with Gasteiger partial charge in [-0.3, -0.25) is 4.18 Å². The third kappa shape index (κ3) is 2.34. The third-order valence-corrected chi connectivity index (χ3v) is 6.40. The van der Waals surface area contributed by atoms with E-state index in [1.165, 1.54) is 13.8 Å². The molecule has 3 fully saturated rings. The predicted molar refractivity (Wildman–Crippen MR) is 74.0 cm³/mol. The quantitative estimate of drug-likeness (QED) is 0.422. The van der Waals surface area contributed by atoms with Gasteiger partial charge in [0.1, 0.15) is 12.2 Å². The van der Waals surface area contributed by atoms with Crippen LogP contribution in [0.5, 0.6) is 0 Å². The molecule has 2 bridgehead atoms. The second-order valence-corrected chi connectivity index (χ2v) is 8.00. The van der Waals surface area contributed by atoms with Gasteiger partial charge in [0.2, 0.25) is 0 Å². The number of esters is 2. The van der Waals surface area contributed by atoms with Crippen molar-refractivity contribution in [2.24, 2.45) is 11.8 Å². The smallest absolute Gasteiger partial charge is 0.347 e. The molecule has 0 aromatic rings. The topological polar surface area (TPSA) is 96.0 Å². The molecule has 1 saturated heterocycles. The van der Waals surface area contributed by atoms with Crippen molar-refractivity contribution in [3.8, 4) is 0 Å². The van der Waals surface area contributed by atoms with Crippen molar-refractivity contribution < 1.29 is 31.7 Å². The normalized spacial score (nSPS) is 38.5.